The zero-order valence-corrected chi connectivity index (χ0v) is 11.3. The molecule has 0 spiro atoms. The van der Waals surface area contributed by atoms with E-state index < -0.39 is 0 Å². The third-order valence-corrected chi connectivity index (χ3v) is 3.75. The van der Waals surface area contributed by atoms with Gasteiger partial charge in [0.05, 0.1) is 6.61 Å². The highest BCUT2D eigenvalue weighted by Gasteiger charge is 2.27. The van der Waals surface area contributed by atoms with Crippen LogP contribution in [0.3, 0.4) is 0 Å². The molecule has 1 saturated carbocycles. The second kappa shape index (κ2) is 5.61. The molecular formula is C15H23NO2. The fourth-order valence-corrected chi connectivity index (χ4v) is 2.59. The van der Waals surface area contributed by atoms with E-state index in [0.29, 0.717) is 12.4 Å². The molecule has 1 fully saturated rings. The van der Waals surface area contributed by atoms with Crippen LogP contribution in [0, 0.1) is 0 Å². The lowest BCUT2D eigenvalue weighted by atomic mass is 10.0. The second-order valence-corrected chi connectivity index (χ2v) is 5.36. The van der Waals surface area contributed by atoms with Crippen LogP contribution in [-0.2, 0) is 6.54 Å². The predicted molar refractivity (Wildman–Crippen MR) is 73.0 cm³/mol. The van der Waals surface area contributed by atoms with Gasteiger partial charge in [-0.05, 0) is 44.4 Å². The molecule has 0 heterocycles. The highest BCUT2D eigenvalue weighted by atomic mass is 16.5. The topological polar surface area (TPSA) is 41.5 Å². The Morgan fingerprint density at radius 1 is 1.33 bits per heavy atom. The van der Waals surface area contributed by atoms with Gasteiger partial charge in [-0.2, -0.15) is 0 Å². The first kappa shape index (κ1) is 13.2. The summed E-state index contributed by atoms with van der Waals surface area (Å²) in [5.41, 5.74) is 1.44. The smallest absolute Gasteiger partial charge is 0.161 e. The molecule has 1 aromatic carbocycles. The molecule has 0 amide bonds. The number of phenols is 1. The normalized spacial score (nSPS) is 17.9. The van der Waals surface area contributed by atoms with Crippen molar-refractivity contribution in [2.45, 2.75) is 51.6 Å². The van der Waals surface area contributed by atoms with Gasteiger partial charge in [-0.3, -0.25) is 0 Å². The molecule has 0 radical (unpaired) electrons. The van der Waals surface area contributed by atoms with Gasteiger partial charge in [0.25, 0.3) is 0 Å². The highest BCUT2D eigenvalue weighted by Crippen LogP contribution is 2.30. The molecule has 1 aliphatic rings. The summed E-state index contributed by atoms with van der Waals surface area (Å²) < 4.78 is 5.40. The molecule has 100 valence electrons. The number of hydrogen-bond acceptors (Lipinski definition) is 3. The van der Waals surface area contributed by atoms with E-state index in [9.17, 15) is 5.11 Å². The van der Waals surface area contributed by atoms with Crippen molar-refractivity contribution in [3.63, 3.8) is 0 Å². The third kappa shape index (κ3) is 3.16. The molecule has 3 heteroatoms. The fraction of sp³-hybridized carbons (Fsp3) is 0.600. The molecule has 0 saturated heterocycles. The van der Waals surface area contributed by atoms with E-state index in [1.807, 2.05) is 19.1 Å². The van der Waals surface area contributed by atoms with E-state index in [1.165, 1.54) is 25.7 Å². The van der Waals surface area contributed by atoms with Crippen molar-refractivity contribution in [2.75, 3.05) is 6.61 Å². The minimum absolute atomic E-state index is 0.215. The molecule has 0 atom stereocenters. The lowest BCUT2D eigenvalue weighted by Gasteiger charge is -2.25. The van der Waals surface area contributed by atoms with Crippen LogP contribution in [0.5, 0.6) is 11.5 Å². The second-order valence-electron chi connectivity index (χ2n) is 5.36. The Kier molecular flexibility index (Phi) is 4.12. The van der Waals surface area contributed by atoms with Crippen LogP contribution >= 0.6 is 0 Å². The molecule has 1 aromatic rings. The Morgan fingerprint density at radius 3 is 2.72 bits per heavy atom. The van der Waals surface area contributed by atoms with Crippen LogP contribution in [0.2, 0.25) is 0 Å². The maximum absolute atomic E-state index is 9.65. The van der Waals surface area contributed by atoms with Gasteiger partial charge in [-0.15, -0.1) is 0 Å². The van der Waals surface area contributed by atoms with Crippen molar-refractivity contribution in [3.8, 4) is 11.5 Å². The van der Waals surface area contributed by atoms with Gasteiger partial charge < -0.3 is 15.2 Å². The monoisotopic (exact) mass is 249 g/mol. The first-order valence-electron chi connectivity index (χ1n) is 6.83. The molecule has 0 aromatic heterocycles. The summed E-state index contributed by atoms with van der Waals surface area (Å²) in [5, 5.41) is 13.3. The largest absolute Gasteiger partial charge is 0.504 e. The minimum Gasteiger partial charge on any atom is -0.504 e. The van der Waals surface area contributed by atoms with Crippen molar-refractivity contribution < 1.29 is 9.84 Å². The number of phenolic OH excluding ortho intramolecular Hbond substituents is 1. The van der Waals surface area contributed by atoms with Crippen molar-refractivity contribution >= 4 is 0 Å². The van der Waals surface area contributed by atoms with Gasteiger partial charge in [-0.1, -0.05) is 18.9 Å². The minimum atomic E-state index is 0.215. The zero-order chi connectivity index (χ0) is 13.0. The Hall–Kier alpha value is -1.22. The number of ether oxygens (including phenoxy) is 1. The van der Waals surface area contributed by atoms with Crippen LogP contribution in [0.4, 0.5) is 0 Å². The number of benzene rings is 1. The predicted octanol–water partition coefficient (Wildman–Crippen LogP) is 3.21. The third-order valence-electron chi connectivity index (χ3n) is 3.75. The molecule has 18 heavy (non-hydrogen) atoms. The number of nitrogens with one attached hydrogen (secondary N) is 1. The van der Waals surface area contributed by atoms with Crippen LogP contribution in [0.1, 0.15) is 45.1 Å². The highest BCUT2D eigenvalue weighted by molar-refractivity contribution is 5.41. The number of rotatable bonds is 5. The SMILES string of the molecule is CCOc1cc(CNC2(C)CCCC2)ccc1O. The molecule has 2 N–H and O–H groups in total. The maximum atomic E-state index is 9.65. The van der Waals surface area contributed by atoms with E-state index in [1.54, 1.807) is 6.07 Å². The van der Waals surface area contributed by atoms with E-state index in [-0.39, 0.29) is 11.3 Å². The van der Waals surface area contributed by atoms with Crippen molar-refractivity contribution in [3.05, 3.63) is 23.8 Å². The maximum Gasteiger partial charge on any atom is 0.161 e. The average Bonchev–Trinajstić information content (AvgIpc) is 2.78. The van der Waals surface area contributed by atoms with Crippen LogP contribution in [0.25, 0.3) is 0 Å². The zero-order valence-electron chi connectivity index (χ0n) is 11.3. The van der Waals surface area contributed by atoms with Crippen LogP contribution < -0.4 is 10.1 Å². The molecule has 0 aliphatic heterocycles. The summed E-state index contributed by atoms with van der Waals surface area (Å²) in [6.45, 7) is 5.62. The molecule has 0 unspecified atom stereocenters. The lowest BCUT2D eigenvalue weighted by molar-refractivity contribution is 0.317. The van der Waals surface area contributed by atoms with Gasteiger partial charge in [0.2, 0.25) is 0 Å². The van der Waals surface area contributed by atoms with E-state index >= 15 is 0 Å². The fourth-order valence-electron chi connectivity index (χ4n) is 2.59. The van der Waals surface area contributed by atoms with Crippen LogP contribution in [0.15, 0.2) is 18.2 Å². The Bertz CT molecular complexity index is 397. The quantitative estimate of drug-likeness (QED) is 0.842. The summed E-state index contributed by atoms with van der Waals surface area (Å²) in [6.07, 6.45) is 5.15. The molecule has 0 bridgehead atoms. The summed E-state index contributed by atoms with van der Waals surface area (Å²) in [4.78, 5) is 0. The van der Waals surface area contributed by atoms with Crippen molar-refractivity contribution in [2.24, 2.45) is 0 Å². The van der Waals surface area contributed by atoms with Gasteiger partial charge in [0, 0.05) is 12.1 Å². The number of hydrogen-bond donors (Lipinski definition) is 2. The van der Waals surface area contributed by atoms with E-state index in [0.717, 1.165) is 12.1 Å². The summed E-state index contributed by atoms with van der Waals surface area (Å²) >= 11 is 0. The van der Waals surface area contributed by atoms with Crippen molar-refractivity contribution in [1.29, 1.82) is 0 Å². The molecule has 2 rings (SSSR count). The lowest BCUT2D eigenvalue weighted by Crippen LogP contribution is -2.38. The Balaban J connectivity index is 1.98. The first-order chi connectivity index (χ1) is 8.63. The van der Waals surface area contributed by atoms with Crippen LogP contribution in [-0.4, -0.2) is 17.3 Å². The van der Waals surface area contributed by atoms with E-state index in [2.05, 4.69) is 12.2 Å². The summed E-state index contributed by atoms with van der Waals surface area (Å²) in [5.74, 6) is 0.793. The van der Waals surface area contributed by atoms with Gasteiger partial charge in [0.15, 0.2) is 11.5 Å². The molecule has 1 aliphatic carbocycles. The number of aromatic hydroxyl groups is 1. The van der Waals surface area contributed by atoms with Crippen molar-refractivity contribution in [1.82, 2.24) is 5.32 Å². The Morgan fingerprint density at radius 2 is 2.06 bits per heavy atom. The van der Waals surface area contributed by atoms with Gasteiger partial charge >= 0.3 is 0 Å². The standard InChI is InChI=1S/C15H23NO2/c1-3-18-14-10-12(6-7-13(14)17)11-16-15(2)8-4-5-9-15/h6-7,10,16-17H,3-5,8-9,11H2,1-2H3. The summed E-state index contributed by atoms with van der Waals surface area (Å²) in [6, 6.07) is 5.58. The average molecular weight is 249 g/mol. The van der Waals surface area contributed by atoms with E-state index in [4.69, 9.17) is 4.74 Å². The Labute approximate surface area is 109 Å². The molecule has 3 nitrogen and oxygen atoms in total. The van der Waals surface area contributed by atoms with Gasteiger partial charge in [-0.25, -0.2) is 0 Å². The first-order valence-corrected chi connectivity index (χ1v) is 6.83. The molecular weight excluding hydrogens is 226 g/mol. The summed E-state index contributed by atoms with van der Waals surface area (Å²) in [7, 11) is 0. The van der Waals surface area contributed by atoms with Gasteiger partial charge in [0.1, 0.15) is 0 Å².